The molecule has 1 saturated heterocycles. The number of rotatable bonds is 5. The molecule has 0 aliphatic carbocycles. The van der Waals surface area contributed by atoms with E-state index in [1.165, 1.54) is 0 Å². The Morgan fingerprint density at radius 1 is 0.970 bits per heavy atom. The van der Waals surface area contributed by atoms with Crippen LogP contribution in [0.3, 0.4) is 0 Å². The zero-order valence-electron chi connectivity index (χ0n) is 18.1. The molecule has 3 N–H and O–H groups in total. The minimum atomic E-state index is 0.139. The summed E-state index contributed by atoms with van der Waals surface area (Å²) in [6, 6.07) is 16.9. The van der Waals surface area contributed by atoms with Crippen LogP contribution in [0.2, 0.25) is 0 Å². The van der Waals surface area contributed by atoms with Crippen LogP contribution in [0.5, 0.6) is 5.88 Å². The number of benzene rings is 2. The first-order valence-corrected chi connectivity index (χ1v) is 11.2. The fraction of sp³-hybridized carbons (Fsp3) is 0.192. The molecule has 0 radical (unpaired) electrons. The summed E-state index contributed by atoms with van der Waals surface area (Å²) < 4.78 is 6.09. The van der Waals surface area contributed by atoms with Gasteiger partial charge >= 0.3 is 0 Å². The van der Waals surface area contributed by atoms with Gasteiger partial charge in [0, 0.05) is 41.0 Å². The number of nitrogens with one attached hydrogen (secondary N) is 3. The fourth-order valence-corrected chi connectivity index (χ4v) is 4.42. The van der Waals surface area contributed by atoms with Crippen molar-refractivity contribution >= 4 is 10.9 Å². The monoisotopic (exact) mass is 436 g/mol. The highest BCUT2D eigenvalue weighted by molar-refractivity contribution is 5.97. The molecule has 33 heavy (non-hydrogen) atoms. The van der Waals surface area contributed by atoms with Crippen LogP contribution in [0.1, 0.15) is 12.8 Å². The molecule has 0 bridgehead atoms. The van der Waals surface area contributed by atoms with Crippen LogP contribution in [0.25, 0.3) is 44.5 Å². The molecule has 1 fully saturated rings. The maximum absolute atomic E-state index is 6.09. The highest BCUT2D eigenvalue weighted by Gasteiger charge is 2.16. The number of piperidine rings is 1. The highest BCUT2D eigenvalue weighted by atomic mass is 16.5. The lowest BCUT2D eigenvalue weighted by molar-refractivity contribution is 0.160. The van der Waals surface area contributed by atoms with Gasteiger partial charge in [-0.15, -0.1) is 0 Å². The molecule has 1 atom stereocenters. The van der Waals surface area contributed by atoms with Gasteiger partial charge in [0.1, 0.15) is 6.10 Å². The third-order valence-corrected chi connectivity index (χ3v) is 6.12. The van der Waals surface area contributed by atoms with Gasteiger partial charge in [0.05, 0.1) is 23.8 Å². The number of H-pyrrole nitrogens is 2. The van der Waals surface area contributed by atoms with E-state index < -0.39 is 0 Å². The van der Waals surface area contributed by atoms with Gasteiger partial charge in [-0.25, -0.2) is 4.98 Å². The molecule has 4 heterocycles. The van der Waals surface area contributed by atoms with E-state index in [0.29, 0.717) is 5.88 Å². The average molecular weight is 437 g/mol. The molecule has 164 valence electrons. The Balaban J connectivity index is 1.34. The number of fused-ring (bicyclic) bond motifs is 1. The van der Waals surface area contributed by atoms with Crippen molar-refractivity contribution in [2.24, 2.45) is 0 Å². The van der Waals surface area contributed by atoms with Crippen molar-refractivity contribution in [2.75, 3.05) is 13.1 Å². The van der Waals surface area contributed by atoms with Crippen LogP contribution in [0, 0.1) is 0 Å². The van der Waals surface area contributed by atoms with Crippen molar-refractivity contribution in [1.29, 1.82) is 0 Å². The number of hydrogen-bond acceptors (Lipinski definition) is 5. The third-order valence-electron chi connectivity index (χ3n) is 6.12. The summed E-state index contributed by atoms with van der Waals surface area (Å²) in [5, 5.41) is 11.6. The van der Waals surface area contributed by atoms with E-state index in [0.717, 1.165) is 70.5 Å². The molecule has 5 aromatic rings. The van der Waals surface area contributed by atoms with Crippen molar-refractivity contribution in [3.8, 4) is 39.5 Å². The number of aromatic amines is 2. The van der Waals surface area contributed by atoms with Crippen LogP contribution in [0.15, 0.2) is 73.3 Å². The molecule has 0 spiro atoms. The van der Waals surface area contributed by atoms with Crippen LogP contribution in [-0.2, 0) is 0 Å². The highest BCUT2D eigenvalue weighted by Crippen LogP contribution is 2.33. The number of ether oxygens (including phenoxy) is 1. The smallest absolute Gasteiger partial charge is 0.233 e. The molecule has 6 rings (SSSR count). The van der Waals surface area contributed by atoms with E-state index in [9.17, 15) is 0 Å². The molecule has 7 nitrogen and oxygen atoms in total. The maximum Gasteiger partial charge on any atom is 0.233 e. The third kappa shape index (κ3) is 3.99. The van der Waals surface area contributed by atoms with E-state index in [1.807, 2.05) is 12.3 Å². The first-order valence-electron chi connectivity index (χ1n) is 11.2. The lowest BCUT2D eigenvalue weighted by Gasteiger charge is -2.23. The van der Waals surface area contributed by atoms with Gasteiger partial charge in [0.15, 0.2) is 0 Å². The fourth-order valence-electron chi connectivity index (χ4n) is 4.42. The van der Waals surface area contributed by atoms with E-state index in [4.69, 9.17) is 9.72 Å². The van der Waals surface area contributed by atoms with Crippen molar-refractivity contribution in [1.82, 2.24) is 30.5 Å². The molecular weight excluding hydrogens is 412 g/mol. The van der Waals surface area contributed by atoms with E-state index >= 15 is 0 Å². The van der Waals surface area contributed by atoms with Gasteiger partial charge < -0.3 is 15.0 Å². The Morgan fingerprint density at radius 2 is 1.91 bits per heavy atom. The predicted molar refractivity (Wildman–Crippen MR) is 129 cm³/mol. The molecular formula is C26H24N6O. The summed E-state index contributed by atoms with van der Waals surface area (Å²) >= 11 is 0. The van der Waals surface area contributed by atoms with Crippen LogP contribution in [-0.4, -0.2) is 44.3 Å². The summed E-state index contributed by atoms with van der Waals surface area (Å²) in [4.78, 5) is 12.5. The minimum absolute atomic E-state index is 0.139. The van der Waals surface area contributed by atoms with Gasteiger partial charge in [0.25, 0.3) is 0 Å². The quantitative estimate of drug-likeness (QED) is 0.368. The van der Waals surface area contributed by atoms with Gasteiger partial charge in [0.2, 0.25) is 5.88 Å². The minimum Gasteiger partial charge on any atom is -0.472 e. The molecule has 2 aromatic carbocycles. The Kier molecular flexibility index (Phi) is 5.08. The zero-order valence-corrected chi connectivity index (χ0v) is 18.1. The second-order valence-corrected chi connectivity index (χ2v) is 8.34. The molecule has 3 aromatic heterocycles. The molecule has 0 saturated carbocycles. The lowest BCUT2D eigenvalue weighted by atomic mass is 9.99. The predicted octanol–water partition coefficient (Wildman–Crippen LogP) is 4.81. The summed E-state index contributed by atoms with van der Waals surface area (Å²) in [7, 11) is 0. The number of nitrogens with zero attached hydrogens (tertiary/aromatic N) is 3. The van der Waals surface area contributed by atoms with Crippen molar-refractivity contribution in [2.45, 2.75) is 18.9 Å². The summed E-state index contributed by atoms with van der Waals surface area (Å²) in [5.74, 6) is 0.568. The van der Waals surface area contributed by atoms with E-state index in [1.54, 1.807) is 18.6 Å². The molecule has 1 unspecified atom stereocenters. The topological polar surface area (TPSA) is 91.5 Å². The van der Waals surface area contributed by atoms with Gasteiger partial charge in [-0.1, -0.05) is 24.3 Å². The summed E-state index contributed by atoms with van der Waals surface area (Å²) in [6.45, 7) is 1.90. The van der Waals surface area contributed by atoms with Gasteiger partial charge in [-0.05, 0) is 54.8 Å². The number of aromatic nitrogens is 5. The largest absolute Gasteiger partial charge is 0.472 e. The molecule has 0 amide bonds. The van der Waals surface area contributed by atoms with Gasteiger partial charge in [-0.2, -0.15) is 5.10 Å². The lowest BCUT2D eigenvalue weighted by Crippen LogP contribution is -2.37. The van der Waals surface area contributed by atoms with Crippen molar-refractivity contribution < 1.29 is 4.74 Å². The van der Waals surface area contributed by atoms with Crippen molar-refractivity contribution in [3.63, 3.8) is 0 Å². The Hall–Kier alpha value is -3.97. The number of hydrogen-bond donors (Lipinski definition) is 3. The van der Waals surface area contributed by atoms with Crippen LogP contribution >= 0.6 is 0 Å². The zero-order chi connectivity index (χ0) is 22.0. The van der Waals surface area contributed by atoms with E-state index in [2.05, 4.69) is 67.9 Å². The Morgan fingerprint density at radius 3 is 2.79 bits per heavy atom. The molecule has 1 aliphatic heterocycles. The maximum atomic E-state index is 6.09. The summed E-state index contributed by atoms with van der Waals surface area (Å²) in [5.41, 5.74) is 7.25. The molecule has 7 heteroatoms. The van der Waals surface area contributed by atoms with Crippen molar-refractivity contribution in [3.05, 3.63) is 73.3 Å². The van der Waals surface area contributed by atoms with Gasteiger partial charge in [-0.3, -0.25) is 10.1 Å². The van der Waals surface area contributed by atoms with Crippen LogP contribution in [0.4, 0.5) is 0 Å². The first kappa shape index (κ1) is 19.7. The second kappa shape index (κ2) is 8.52. The summed E-state index contributed by atoms with van der Waals surface area (Å²) in [6.07, 6.45) is 9.53. The normalized spacial score (nSPS) is 16.2. The molecule has 1 aliphatic rings. The Labute approximate surface area is 191 Å². The Bertz CT molecular complexity index is 1390. The first-order chi connectivity index (χ1) is 16.3. The second-order valence-electron chi connectivity index (χ2n) is 8.34. The standard InChI is InChI=1S/C26H24N6O/c1-3-17(11-19(4-1)23-8-10-30-32-23)18-6-7-24-21(12-18)22(14-29-24)25-15-28-16-26(31-25)33-20-5-2-9-27-13-20/h1,3-4,6-8,10-12,14-16,20,27,29H,2,5,9,13H2,(H,30,32). The van der Waals surface area contributed by atoms with Crippen LogP contribution < -0.4 is 10.1 Å². The average Bonchev–Trinajstić information content (AvgIpc) is 3.55. The SMILES string of the molecule is c1cc(-c2ccc3[nH]cc(-c4cncc(OC5CCCNC5)n4)c3c2)cc(-c2ccn[nH]2)c1. The van der Waals surface area contributed by atoms with E-state index in [-0.39, 0.29) is 6.10 Å².